The summed E-state index contributed by atoms with van der Waals surface area (Å²) in [6.45, 7) is 2.99. The van der Waals surface area contributed by atoms with E-state index in [1.165, 1.54) is 11.3 Å². The van der Waals surface area contributed by atoms with Crippen molar-refractivity contribution in [1.29, 1.82) is 0 Å². The van der Waals surface area contributed by atoms with E-state index in [4.69, 9.17) is 4.74 Å². The minimum atomic E-state index is -0.947. The molecule has 0 amide bonds. The second kappa shape index (κ2) is 9.12. The molecular formula is C21H22N6O2S. The Morgan fingerprint density at radius 2 is 2.00 bits per heavy atom. The molecule has 0 aliphatic rings. The van der Waals surface area contributed by atoms with Crippen LogP contribution in [0.2, 0.25) is 0 Å². The average Bonchev–Trinajstić information content (AvgIpc) is 3.24. The standard InChI is InChI=1S/C21H22N6O2S/c1-13-7-15(9-22-8-13)12-25-21-26-16-5-6-30-19(16)18(27-21)20(28)24-11-14-3-4-17(29-2)23-10-14/h3-10,20,24,28H,11-12H2,1-2H3,(H,25,26,27). The molecule has 4 aromatic heterocycles. The first-order valence-corrected chi connectivity index (χ1v) is 10.3. The van der Waals surface area contributed by atoms with Crippen LogP contribution in [0.5, 0.6) is 5.88 Å². The number of pyridine rings is 2. The van der Waals surface area contributed by atoms with Gasteiger partial charge < -0.3 is 15.2 Å². The highest BCUT2D eigenvalue weighted by atomic mass is 32.1. The summed E-state index contributed by atoms with van der Waals surface area (Å²) in [7, 11) is 1.58. The van der Waals surface area contributed by atoms with E-state index in [1.54, 1.807) is 19.4 Å². The van der Waals surface area contributed by atoms with E-state index in [9.17, 15) is 5.11 Å². The molecule has 1 atom stereocenters. The Bertz CT molecular complexity index is 1130. The van der Waals surface area contributed by atoms with Crippen LogP contribution in [0, 0.1) is 6.92 Å². The number of anilines is 1. The van der Waals surface area contributed by atoms with Gasteiger partial charge in [0.2, 0.25) is 11.8 Å². The zero-order valence-corrected chi connectivity index (χ0v) is 17.5. The van der Waals surface area contributed by atoms with Crippen molar-refractivity contribution < 1.29 is 9.84 Å². The van der Waals surface area contributed by atoms with Gasteiger partial charge in [-0.15, -0.1) is 11.3 Å². The summed E-state index contributed by atoms with van der Waals surface area (Å²) in [6.07, 6.45) is 4.39. The highest BCUT2D eigenvalue weighted by Crippen LogP contribution is 2.27. The number of hydrogen-bond acceptors (Lipinski definition) is 9. The largest absolute Gasteiger partial charge is 0.481 e. The lowest BCUT2D eigenvalue weighted by Crippen LogP contribution is -2.22. The van der Waals surface area contributed by atoms with E-state index in [2.05, 4.69) is 36.6 Å². The Labute approximate surface area is 178 Å². The van der Waals surface area contributed by atoms with Crippen LogP contribution >= 0.6 is 11.3 Å². The van der Waals surface area contributed by atoms with Crippen LogP contribution in [-0.4, -0.2) is 32.2 Å². The predicted octanol–water partition coefficient (Wildman–Crippen LogP) is 3.19. The van der Waals surface area contributed by atoms with Crippen molar-refractivity contribution in [3.63, 3.8) is 0 Å². The lowest BCUT2D eigenvalue weighted by Gasteiger charge is -2.15. The fourth-order valence-electron chi connectivity index (χ4n) is 2.99. The molecule has 0 bridgehead atoms. The molecule has 0 fully saturated rings. The second-order valence-corrected chi connectivity index (χ2v) is 7.70. The summed E-state index contributed by atoms with van der Waals surface area (Å²) in [5, 5.41) is 19.0. The molecule has 8 nitrogen and oxygen atoms in total. The molecular weight excluding hydrogens is 400 g/mol. The highest BCUT2D eigenvalue weighted by Gasteiger charge is 2.17. The highest BCUT2D eigenvalue weighted by molar-refractivity contribution is 7.17. The third kappa shape index (κ3) is 4.70. The van der Waals surface area contributed by atoms with E-state index in [0.29, 0.717) is 30.6 Å². The Kier molecular flexibility index (Phi) is 6.12. The third-order valence-corrected chi connectivity index (χ3v) is 5.40. The summed E-state index contributed by atoms with van der Waals surface area (Å²) in [5.41, 5.74) is 4.40. The van der Waals surface area contributed by atoms with Gasteiger partial charge in [-0.1, -0.05) is 12.1 Å². The van der Waals surface area contributed by atoms with Crippen molar-refractivity contribution >= 4 is 27.5 Å². The Balaban J connectivity index is 1.49. The maximum absolute atomic E-state index is 10.8. The zero-order chi connectivity index (χ0) is 20.9. The summed E-state index contributed by atoms with van der Waals surface area (Å²) in [4.78, 5) is 17.5. The van der Waals surface area contributed by atoms with Crippen molar-refractivity contribution in [1.82, 2.24) is 25.3 Å². The van der Waals surface area contributed by atoms with Crippen LogP contribution in [0.3, 0.4) is 0 Å². The van der Waals surface area contributed by atoms with Crippen LogP contribution in [0.25, 0.3) is 10.2 Å². The molecule has 9 heteroatoms. The van der Waals surface area contributed by atoms with Crippen LogP contribution in [0.15, 0.2) is 48.2 Å². The number of hydrogen-bond donors (Lipinski definition) is 3. The number of thiophene rings is 1. The number of rotatable bonds is 8. The molecule has 0 aromatic carbocycles. The van der Waals surface area contributed by atoms with Crippen LogP contribution in [-0.2, 0) is 13.1 Å². The first kappa shape index (κ1) is 20.1. The summed E-state index contributed by atoms with van der Waals surface area (Å²) < 4.78 is 5.92. The molecule has 4 aromatic rings. The molecule has 3 N–H and O–H groups in total. The third-order valence-electron chi connectivity index (χ3n) is 4.48. The van der Waals surface area contributed by atoms with Gasteiger partial charge in [-0.3, -0.25) is 10.3 Å². The first-order valence-electron chi connectivity index (χ1n) is 9.42. The number of ether oxygens (including phenoxy) is 1. The summed E-state index contributed by atoms with van der Waals surface area (Å²) in [5.74, 6) is 1.01. The molecule has 30 heavy (non-hydrogen) atoms. The number of aliphatic hydroxyl groups excluding tert-OH is 1. The Morgan fingerprint density at radius 3 is 2.77 bits per heavy atom. The SMILES string of the molecule is COc1ccc(CNC(O)c2nc(NCc3cncc(C)c3)nc3ccsc23)cn1. The van der Waals surface area contributed by atoms with Crippen molar-refractivity contribution in [3.8, 4) is 5.88 Å². The van der Waals surface area contributed by atoms with Crippen LogP contribution < -0.4 is 15.4 Å². The minimum Gasteiger partial charge on any atom is -0.481 e. The lowest BCUT2D eigenvalue weighted by molar-refractivity contribution is 0.134. The average molecular weight is 423 g/mol. The van der Waals surface area contributed by atoms with Gasteiger partial charge in [0.1, 0.15) is 11.9 Å². The van der Waals surface area contributed by atoms with E-state index in [0.717, 1.165) is 26.9 Å². The number of methoxy groups -OCH3 is 1. The molecule has 0 aliphatic carbocycles. The fourth-order valence-corrected chi connectivity index (χ4v) is 3.84. The van der Waals surface area contributed by atoms with Gasteiger partial charge in [0.05, 0.1) is 17.3 Å². The molecule has 0 saturated carbocycles. The van der Waals surface area contributed by atoms with E-state index in [1.807, 2.05) is 36.8 Å². The minimum absolute atomic E-state index is 0.437. The van der Waals surface area contributed by atoms with Gasteiger partial charge in [0, 0.05) is 37.7 Å². The molecule has 4 heterocycles. The van der Waals surface area contributed by atoms with Gasteiger partial charge in [-0.25, -0.2) is 15.0 Å². The number of nitrogens with one attached hydrogen (secondary N) is 2. The Morgan fingerprint density at radius 1 is 1.10 bits per heavy atom. The molecule has 4 rings (SSSR count). The van der Waals surface area contributed by atoms with E-state index >= 15 is 0 Å². The quantitative estimate of drug-likeness (QED) is 0.372. The van der Waals surface area contributed by atoms with Gasteiger partial charge in [0.15, 0.2) is 0 Å². The van der Waals surface area contributed by atoms with Crippen molar-refractivity contribution in [2.45, 2.75) is 26.2 Å². The van der Waals surface area contributed by atoms with Gasteiger partial charge in [0.25, 0.3) is 0 Å². The molecule has 0 saturated heterocycles. The second-order valence-electron chi connectivity index (χ2n) is 6.78. The van der Waals surface area contributed by atoms with Crippen molar-refractivity contribution in [2.24, 2.45) is 0 Å². The maximum atomic E-state index is 10.8. The molecule has 1 unspecified atom stereocenters. The number of aromatic nitrogens is 4. The van der Waals surface area contributed by atoms with Gasteiger partial charge in [-0.05, 0) is 35.1 Å². The zero-order valence-electron chi connectivity index (χ0n) is 16.7. The number of fused-ring (bicyclic) bond motifs is 1. The predicted molar refractivity (Wildman–Crippen MR) is 116 cm³/mol. The number of aliphatic hydroxyl groups is 1. The fraction of sp³-hybridized carbons (Fsp3) is 0.238. The van der Waals surface area contributed by atoms with E-state index in [-0.39, 0.29) is 0 Å². The summed E-state index contributed by atoms with van der Waals surface area (Å²) in [6, 6.07) is 7.66. The first-order chi connectivity index (χ1) is 14.6. The molecule has 0 radical (unpaired) electrons. The van der Waals surface area contributed by atoms with Crippen LogP contribution in [0.1, 0.15) is 28.6 Å². The van der Waals surface area contributed by atoms with Crippen LogP contribution in [0.4, 0.5) is 5.95 Å². The maximum Gasteiger partial charge on any atom is 0.223 e. The number of nitrogens with zero attached hydrogens (tertiary/aromatic N) is 4. The molecule has 0 spiro atoms. The monoisotopic (exact) mass is 422 g/mol. The topological polar surface area (TPSA) is 105 Å². The van der Waals surface area contributed by atoms with Crippen molar-refractivity contribution in [2.75, 3.05) is 12.4 Å². The van der Waals surface area contributed by atoms with Gasteiger partial charge in [-0.2, -0.15) is 0 Å². The smallest absolute Gasteiger partial charge is 0.223 e. The van der Waals surface area contributed by atoms with Gasteiger partial charge >= 0.3 is 0 Å². The molecule has 154 valence electrons. The Hall–Kier alpha value is -3.14. The summed E-state index contributed by atoms with van der Waals surface area (Å²) >= 11 is 1.50. The lowest BCUT2D eigenvalue weighted by atomic mass is 10.2. The number of aryl methyl sites for hydroxylation is 1. The van der Waals surface area contributed by atoms with Crippen molar-refractivity contribution in [3.05, 3.63) is 70.6 Å². The van der Waals surface area contributed by atoms with E-state index < -0.39 is 6.23 Å². The molecule has 0 aliphatic heterocycles. The normalized spacial score (nSPS) is 12.1.